The predicted octanol–water partition coefficient (Wildman–Crippen LogP) is 2.49. The molecule has 1 unspecified atom stereocenters. The van der Waals surface area contributed by atoms with Gasteiger partial charge in [0.15, 0.2) is 11.5 Å². The zero-order valence-electron chi connectivity index (χ0n) is 11.6. The van der Waals surface area contributed by atoms with Crippen LogP contribution in [0.25, 0.3) is 0 Å². The molecule has 5 heteroatoms. The SMILES string of the molecule is CC(NC(=O)c1ccccc1N)c1ccc2c(c1)OCO2. The fraction of sp³-hybridized carbons (Fsp3) is 0.188. The second-order valence-electron chi connectivity index (χ2n) is 4.90. The molecule has 1 aliphatic rings. The predicted molar refractivity (Wildman–Crippen MR) is 79.3 cm³/mol. The minimum absolute atomic E-state index is 0.161. The highest BCUT2D eigenvalue weighted by Crippen LogP contribution is 2.34. The van der Waals surface area contributed by atoms with E-state index >= 15 is 0 Å². The van der Waals surface area contributed by atoms with E-state index in [0.29, 0.717) is 17.0 Å². The zero-order valence-corrected chi connectivity index (χ0v) is 11.6. The first-order chi connectivity index (χ1) is 10.1. The van der Waals surface area contributed by atoms with E-state index in [4.69, 9.17) is 15.2 Å². The van der Waals surface area contributed by atoms with Gasteiger partial charge in [-0.05, 0) is 36.8 Å². The van der Waals surface area contributed by atoms with Crippen molar-refractivity contribution >= 4 is 11.6 Å². The van der Waals surface area contributed by atoms with Crippen LogP contribution in [0.3, 0.4) is 0 Å². The summed E-state index contributed by atoms with van der Waals surface area (Å²) in [6.07, 6.45) is 0. The van der Waals surface area contributed by atoms with Crippen molar-refractivity contribution < 1.29 is 14.3 Å². The summed E-state index contributed by atoms with van der Waals surface area (Å²) in [4.78, 5) is 12.2. The van der Waals surface area contributed by atoms with Crippen LogP contribution in [-0.2, 0) is 0 Å². The van der Waals surface area contributed by atoms with Gasteiger partial charge in [0.05, 0.1) is 11.6 Å². The van der Waals surface area contributed by atoms with Crippen LogP contribution in [0, 0.1) is 0 Å². The maximum atomic E-state index is 12.2. The lowest BCUT2D eigenvalue weighted by atomic mass is 10.1. The largest absolute Gasteiger partial charge is 0.454 e. The highest BCUT2D eigenvalue weighted by atomic mass is 16.7. The number of hydrogen-bond donors (Lipinski definition) is 2. The number of ether oxygens (including phenoxy) is 2. The second-order valence-corrected chi connectivity index (χ2v) is 4.90. The molecule has 0 aliphatic carbocycles. The number of fused-ring (bicyclic) bond motifs is 1. The molecule has 1 atom stereocenters. The summed E-state index contributed by atoms with van der Waals surface area (Å²) in [5.41, 5.74) is 7.70. The van der Waals surface area contributed by atoms with E-state index in [1.54, 1.807) is 24.3 Å². The molecule has 0 saturated heterocycles. The smallest absolute Gasteiger partial charge is 0.253 e. The van der Waals surface area contributed by atoms with Gasteiger partial charge < -0.3 is 20.5 Å². The lowest BCUT2D eigenvalue weighted by Gasteiger charge is -2.15. The Morgan fingerprint density at radius 2 is 1.95 bits per heavy atom. The van der Waals surface area contributed by atoms with Gasteiger partial charge in [0, 0.05) is 5.69 Å². The van der Waals surface area contributed by atoms with Gasteiger partial charge in [0.2, 0.25) is 6.79 Å². The van der Waals surface area contributed by atoms with Crippen LogP contribution in [0.1, 0.15) is 28.9 Å². The van der Waals surface area contributed by atoms with Gasteiger partial charge in [-0.2, -0.15) is 0 Å². The summed E-state index contributed by atoms with van der Waals surface area (Å²) in [6, 6.07) is 12.5. The number of nitrogen functional groups attached to an aromatic ring is 1. The number of benzene rings is 2. The summed E-state index contributed by atoms with van der Waals surface area (Å²) < 4.78 is 10.6. The summed E-state index contributed by atoms with van der Waals surface area (Å²) in [5, 5.41) is 2.93. The minimum atomic E-state index is -0.196. The molecule has 0 aromatic heterocycles. The first-order valence-electron chi connectivity index (χ1n) is 6.70. The number of hydrogen-bond acceptors (Lipinski definition) is 4. The van der Waals surface area contributed by atoms with Crippen molar-refractivity contribution in [3.63, 3.8) is 0 Å². The van der Waals surface area contributed by atoms with Crippen LogP contribution in [0.15, 0.2) is 42.5 Å². The Morgan fingerprint density at radius 1 is 1.19 bits per heavy atom. The number of carbonyl (C=O) groups is 1. The molecule has 108 valence electrons. The molecule has 1 aliphatic heterocycles. The highest BCUT2D eigenvalue weighted by Gasteiger charge is 2.18. The number of nitrogens with one attached hydrogen (secondary N) is 1. The number of anilines is 1. The summed E-state index contributed by atoms with van der Waals surface area (Å²) in [5.74, 6) is 1.23. The van der Waals surface area contributed by atoms with Crippen molar-refractivity contribution in [1.29, 1.82) is 0 Å². The Morgan fingerprint density at radius 3 is 2.76 bits per heavy atom. The first-order valence-corrected chi connectivity index (χ1v) is 6.70. The van der Waals surface area contributed by atoms with Crippen molar-refractivity contribution in [1.82, 2.24) is 5.32 Å². The van der Waals surface area contributed by atoms with E-state index in [1.165, 1.54) is 0 Å². The van der Waals surface area contributed by atoms with E-state index in [-0.39, 0.29) is 18.7 Å². The van der Waals surface area contributed by atoms with Gasteiger partial charge in [0.1, 0.15) is 0 Å². The molecule has 1 amide bonds. The molecule has 0 spiro atoms. The Balaban J connectivity index is 1.76. The highest BCUT2D eigenvalue weighted by molar-refractivity contribution is 5.99. The van der Waals surface area contributed by atoms with Gasteiger partial charge in [-0.1, -0.05) is 18.2 Å². The third kappa shape index (κ3) is 2.63. The number of carbonyl (C=O) groups excluding carboxylic acids is 1. The molecule has 2 aromatic carbocycles. The van der Waals surface area contributed by atoms with E-state index in [1.807, 2.05) is 25.1 Å². The van der Waals surface area contributed by atoms with Crippen LogP contribution in [-0.4, -0.2) is 12.7 Å². The zero-order chi connectivity index (χ0) is 14.8. The normalized spacial score (nSPS) is 13.8. The number of para-hydroxylation sites is 1. The van der Waals surface area contributed by atoms with Crippen molar-refractivity contribution in [2.24, 2.45) is 0 Å². The van der Waals surface area contributed by atoms with Gasteiger partial charge in [-0.3, -0.25) is 4.79 Å². The standard InChI is InChI=1S/C16H16N2O3/c1-10(11-6-7-14-15(8-11)21-9-20-14)18-16(19)12-4-2-3-5-13(12)17/h2-8,10H,9,17H2,1H3,(H,18,19). The molecule has 1 heterocycles. The average molecular weight is 284 g/mol. The van der Waals surface area contributed by atoms with E-state index in [0.717, 1.165) is 11.3 Å². The summed E-state index contributed by atoms with van der Waals surface area (Å²) >= 11 is 0. The molecule has 2 aromatic rings. The molecule has 0 bridgehead atoms. The maximum absolute atomic E-state index is 12.2. The number of rotatable bonds is 3. The number of amides is 1. The van der Waals surface area contributed by atoms with Crippen molar-refractivity contribution in [3.8, 4) is 11.5 Å². The Bertz CT molecular complexity index is 685. The van der Waals surface area contributed by atoms with Gasteiger partial charge in [-0.25, -0.2) is 0 Å². The topological polar surface area (TPSA) is 73.6 Å². The fourth-order valence-corrected chi connectivity index (χ4v) is 2.24. The van der Waals surface area contributed by atoms with Crippen molar-refractivity contribution in [3.05, 3.63) is 53.6 Å². The van der Waals surface area contributed by atoms with Crippen LogP contribution in [0.5, 0.6) is 11.5 Å². The molecule has 0 fully saturated rings. The molecule has 0 saturated carbocycles. The number of nitrogens with two attached hydrogens (primary N) is 1. The molecule has 3 N–H and O–H groups in total. The summed E-state index contributed by atoms with van der Waals surface area (Å²) in [7, 11) is 0. The molecule has 3 rings (SSSR count). The van der Waals surface area contributed by atoms with E-state index in [2.05, 4.69) is 5.32 Å². The third-order valence-electron chi connectivity index (χ3n) is 3.45. The lowest BCUT2D eigenvalue weighted by Crippen LogP contribution is -2.27. The van der Waals surface area contributed by atoms with Crippen LogP contribution in [0.2, 0.25) is 0 Å². The van der Waals surface area contributed by atoms with Crippen molar-refractivity contribution in [2.45, 2.75) is 13.0 Å². The Hall–Kier alpha value is -2.69. The third-order valence-corrected chi connectivity index (χ3v) is 3.45. The van der Waals surface area contributed by atoms with Gasteiger partial charge in [0.25, 0.3) is 5.91 Å². The Labute approximate surface area is 122 Å². The van der Waals surface area contributed by atoms with Crippen LogP contribution >= 0.6 is 0 Å². The molecule has 5 nitrogen and oxygen atoms in total. The minimum Gasteiger partial charge on any atom is -0.454 e. The Kier molecular flexibility index (Phi) is 3.39. The van der Waals surface area contributed by atoms with E-state index < -0.39 is 0 Å². The average Bonchev–Trinajstić information content (AvgIpc) is 2.94. The van der Waals surface area contributed by atoms with Crippen LogP contribution in [0.4, 0.5) is 5.69 Å². The maximum Gasteiger partial charge on any atom is 0.253 e. The second kappa shape index (κ2) is 5.36. The first kappa shape index (κ1) is 13.3. The molecule has 21 heavy (non-hydrogen) atoms. The molecule has 0 radical (unpaired) electrons. The van der Waals surface area contributed by atoms with Gasteiger partial charge >= 0.3 is 0 Å². The monoisotopic (exact) mass is 284 g/mol. The van der Waals surface area contributed by atoms with E-state index in [9.17, 15) is 4.79 Å². The summed E-state index contributed by atoms with van der Waals surface area (Å²) in [6.45, 7) is 2.15. The van der Waals surface area contributed by atoms with Crippen LogP contribution < -0.4 is 20.5 Å². The molecular weight excluding hydrogens is 268 g/mol. The quantitative estimate of drug-likeness (QED) is 0.849. The lowest BCUT2D eigenvalue weighted by molar-refractivity contribution is 0.0940. The fourth-order valence-electron chi connectivity index (χ4n) is 2.24. The van der Waals surface area contributed by atoms with Gasteiger partial charge in [-0.15, -0.1) is 0 Å². The molecular formula is C16H16N2O3. The van der Waals surface area contributed by atoms with Crippen molar-refractivity contribution in [2.75, 3.05) is 12.5 Å².